The predicted molar refractivity (Wildman–Crippen MR) is 119 cm³/mol. The van der Waals surface area contributed by atoms with Crippen molar-refractivity contribution in [2.24, 2.45) is 22.7 Å². The smallest absolute Gasteiger partial charge is 0.308 e. The lowest BCUT2D eigenvalue weighted by atomic mass is 9.61. The van der Waals surface area contributed by atoms with Crippen LogP contribution >= 0.6 is 11.6 Å². The third kappa shape index (κ3) is 4.18. The van der Waals surface area contributed by atoms with Crippen molar-refractivity contribution in [2.75, 3.05) is 5.73 Å². The van der Waals surface area contributed by atoms with Gasteiger partial charge >= 0.3 is 5.97 Å². The second-order valence-electron chi connectivity index (χ2n) is 8.06. The highest BCUT2D eigenvalue weighted by Gasteiger charge is 2.47. The Morgan fingerprint density at radius 3 is 2.65 bits per heavy atom. The molecule has 31 heavy (non-hydrogen) atoms. The number of nitrogens with one attached hydrogen (secondary N) is 4. The van der Waals surface area contributed by atoms with Gasteiger partial charge in [-0.05, 0) is 55.7 Å². The molecular weight excluding hydrogens is 418 g/mol. The van der Waals surface area contributed by atoms with Crippen LogP contribution in [-0.2, 0) is 4.79 Å². The van der Waals surface area contributed by atoms with Crippen molar-refractivity contribution in [2.45, 2.75) is 31.7 Å². The number of aliphatic carboxylic acids is 1. The zero-order valence-electron chi connectivity index (χ0n) is 16.7. The fraction of sp³-hybridized carbons (Fsp3) is 0.381. The quantitative estimate of drug-likeness (QED) is 0.309. The molecule has 7 N–H and O–H groups in total. The molecule has 0 aromatic carbocycles. The standard InChI is InChI=1S/C21H24ClN7O2/c22-12-8-13(18(24)27-9-12)16(23)19(25)29-20(14-2-1-7-26-14)28-17-11-5-3-10(4-6-11)15(17)21(30)31/h1-2,7-11,15,17,23,26H,3-6H2,(H2,24,27)(H,30,31)(H2,25,28,29)/t10?,11?,15-,17-/m0/s1. The number of nitrogens with zero attached hydrogens (tertiary/aromatic N) is 2. The number of hydrogen-bond acceptors (Lipinski definition) is 5. The summed E-state index contributed by atoms with van der Waals surface area (Å²) in [6.07, 6.45) is 6.90. The minimum Gasteiger partial charge on any atom is -0.481 e. The average molecular weight is 442 g/mol. The van der Waals surface area contributed by atoms with Gasteiger partial charge in [0.15, 0.2) is 11.7 Å². The van der Waals surface area contributed by atoms with E-state index in [0.29, 0.717) is 16.6 Å². The van der Waals surface area contributed by atoms with Crippen LogP contribution in [0.5, 0.6) is 0 Å². The van der Waals surface area contributed by atoms with Gasteiger partial charge in [0.2, 0.25) is 0 Å². The van der Waals surface area contributed by atoms with E-state index in [1.165, 1.54) is 12.3 Å². The van der Waals surface area contributed by atoms with Crippen LogP contribution in [0.2, 0.25) is 5.02 Å². The number of anilines is 1. The van der Waals surface area contributed by atoms with Crippen LogP contribution in [0.1, 0.15) is 36.9 Å². The van der Waals surface area contributed by atoms with Crippen LogP contribution in [0.4, 0.5) is 5.82 Å². The van der Waals surface area contributed by atoms with Gasteiger partial charge in [0.25, 0.3) is 0 Å². The van der Waals surface area contributed by atoms with E-state index in [2.05, 4.69) is 20.3 Å². The van der Waals surface area contributed by atoms with Crippen LogP contribution in [0.25, 0.3) is 0 Å². The lowest BCUT2D eigenvalue weighted by molar-refractivity contribution is -0.149. The molecule has 2 aromatic heterocycles. The number of rotatable bonds is 5. The molecular formula is C21H24ClN7O2. The van der Waals surface area contributed by atoms with Crippen molar-refractivity contribution in [1.82, 2.24) is 15.3 Å². The topological polar surface area (TPSA) is 164 Å². The maximum atomic E-state index is 12.0. The number of H-pyrrole nitrogens is 1. The lowest BCUT2D eigenvalue weighted by Crippen LogP contribution is -2.56. The number of carboxylic acids is 1. The fourth-order valence-corrected chi connectivity index (χ4v) is 4.92. The van der Waals surface area contributed by atoms with Crippen molar-refractivity contribution < 1.29 is 9.90 Å². The van der Waals surface area contributed by atoms with Crippen molar-refractivity contribution >= 4 is 40.8 Å². The summed E-state index contributed by atoms with van der Waals surface area (Å²) in [5.74, 6) is -0.864. The summed E-state index contributed by atoms with van der Waals surface area (Å²) in [7, 11) is 0. The van der Waals surface area contributed by atoms with Gasteiger partial charge in [0, 0.05) is 24.0 Å². The molecule has 3 saturated carbocycles. The molecule has 0 aliphatic heterocycles. The third-order valence-corrected chi connectivity index (χ3v) is 6.48. The van der Waals surface area contributed by atoms with Crippen LogP contribution in [-0.4, -0.2) is 44.5 Å². The fourth-order valence-electron chi connectivity index (χ4n) is 4.76. The first-order valence-corrected chi connectivity index (χ1v) is 10.5. The van der Waals surface area contributed by atoms with E-state index in [0.717, 1.165) is 25.7 Å². The van der Waals surface area contributed by atoms with Gasteiger partial charge in [-0.15, -0.1) is 0 Å². The van der Waals surface area contributed by atoms with Crippen molar-refractivity contribution in [3.8, 4) is 0 Å². The van der Waals surface area contributed by atoms with Gasteiger partial charge in [-0.1, -0.05) is 11.6 Å². The maximum Gasteiger partial charge on any atom is 0.308 e. The Balaban J connectivity index is 1.65. The number of carbonyl (C=O) groups is 1. The Hall–Kier alpha value is -3.20. The first-order valence-electron chi connectivity index (χ1n) is 10.2. The molecule has 162 valence electrons. The molecule has 2 bridgehead atoms. The average Bonchev–Trinajstić information content (AvgIpc) is 3.29. The van der Waals surface area contributed by atoms with Crippen LogP contribution in [0.15, 0.2) is 35.6 Å². The molecule has 0 saturated heterocycles. The van der Waals surface area contributed by atoms with Gasteiger partial charge < -0.3 is 21.1 Å². The van der Waals surface area contributed by atoms with Gasteiger partial charge in [0.05, 0.1) is 16.6 Å². The molecule has 3 fully saturated rings. The zero-order valence-corrected chi connectivity index (χ0v) is 17.5. The molecule has 5 rings (SSSR count). The Bertz CT molecular complexity index is 1040. The number of pyridine rings is 1. The number of aliphatic imine (C=N–C) groups is 1. The second-order valence-corrected chi connectivity index (χ2v) is 8.50. The molecule has 0 unspecified atom stereocenters. The number of nitrogens with two attached hydrogens (primary N) is 1. The molecule has 2 heterocycles. The minimum atomic E-state index is -0.807. The Kier molecular flexibility index (Phi) is 5.77. The largest absolute Gasteiger partial charge is 0.481 e. The highest BCUT2D eigenvalue weighted by atomic mass is 35.5. The summed E-state index contributed by atoms with van der Waals surface area (Å²) in [4.78, 5) is 23.3. The maximum absolute atomic E-state index is 12.0. The number of carboxylic acid groups (broad SMARTS) is 1. The molecule has 2 aromatic rings. The number of nitrogen functional groups attached to an aromatic ring is 1. The van der Waals surface area contributed by atoms with E-state index in [-0.39, 0.29) is 40.8 Å². The van der Waals surface area contributed by atoms with E-state index in [1.54, 1.807) is 18.3 Å². The first-order chi connectivity index (χ1) is 14.8. The van der Waals surface area contributed by atoms with Crippen molar-refractivity contribution in [3.05, 3.63) is 46.9 Å². The zero-order chi connectivity index (χ0) is 22.1. The van der Waals surface area contributed by atoms with Crippen molar-refractivity contribution in [3.63, 3.8) is 0 Å². The minimum absolute atomic E-state index is 0.0827. The third-order valence-electron chi connectivity index (χ3n) is 6.28. The molecule has 9 nitrogen and oxygen atoms in total. The Morgan fingerprint density at radius 1 is 1.29 bits per heavy atom. The summed E-state index contributed by atoms with van der Waals surface area (Å²) in [5, 5.41) is 30.2. The molecule has 2 atom stereocenters. The summed E-state index contributed by atoms with van der Waals surface area (Å²) < 4.78 is 0. The van der Waals surface area contributed by atoms with Crippen molar-refractivity contribution in [1.29, 1.82) is 10.8 Å². The number of hydrogen-bond donors (Lipinski definition) is 6. The lowest BCUT2D eigenvalue weighted by Gasteiger charge is -2.47. The van der Waals surface area contributed by atoms with Gasteiger partial charge in [-0.3, -0.25) is 15.6 Å². The molecule has 3 aliphatic carbocycles. The summed E-state index contributed by atoms with van der Waals surface area (Å²) in [6, 6.07) is 4.77. The van der Waals surface area contributed by atoms with E-state index in [9.17, 15) is 9.90 Å². The number of fused-ring (bicyclic) bond motifs is 3. The van der Waals surface area contributed by atoms with Crippen LogP contribution in [0.3, 0.4) is 0 Å². The number of aromatic nitrogens is 2. The monoisotopic (exact) mass is 441 g/mol. The molecule has 0 spiro atoms. The normalized spacial score (nSPS) is 25.3. The predicted octanol–water partition coefficient (Wildman–Crippen LogP) is 2.92. The summed E-state index contributed by atoms with van der Waals surface area (Å²) in [6.45, 7) is 0. The van der Waals surface area contributed by atoms with E-state index in [1.807, 2.05) is 0 Å². The molecule has 0 radical (unpaired) electrons. The van der Waals surface area contributed by atoms with Gasteiger partial charge in [-0.25, -0.2) is 9.98 Å². The van der Waals surface area contributed by atoms with Gasteiger partial charge in [-0.2, -0.15) is 0 Å². The summed E-state index contributed by atoms with van der Waals surface area (Å²) >= 11 is 5.97. The molecule has 10 heteroatoms. The SMILES string of the molecule is N=C(/N=C(/N[C@H]1C2CCC(CC2)[C@@H]1C(=O)O)c1ccc[nH]1)C(=N)c1cc(Cl)cnc1N. The van der Waals surface area contributed by atoms with Crippen LogP contribution in [0, 0.1) is 28.6 Å². The number of amidine groups is 2. The van der Waals surface area contributed by atoms with E-state index >= 15 is 0 Å². The highest BCUT2D eigenvalue weighted by molar-refractivity contribution is 6.48. The Morgan fingerprint density at radius 2 is 2.00 bits per heavy atom. The van der Waals surface area contributed by atoms with Crippen LogP contribution < -0.4 is 11.1 Å². The number of aromatic amines is 1. The highest BCUT2D eigenvalue weighted by Crippen LogP contribution is 2.45. The molecule has 3 aliphatic rings. The Labute approximate surface area is 184 Å². The molecule has 0 amide bonds. The number of halogens is 1. The van der Waals surface area contributed by atoms with E-state index < -0.39 is 11.9 Å². The van der Waals surface area contributed by atoms with E-state index in [4.69, 9.17) is 28.2 Å². The first kappa shape index (κ1) is 21.0. The van der Waals surface area contributed by atoms with Gasteiger partial charge in [0.1, 0.15) is 11.5 Å². The summed E-state index contributed by atoms with van der Waals surface area (Å²) in [5.41, 5.74) is 6.46. The second kappa shape index (κ2) is 8.50.